The monoisotopic (exact) mass is 684 g/mol. The van der Waals surface area contributed by atoms with Crippen LogP contribution in [0.5, 0.6) is 11.5 Å². The van der Waals surface area contributed by atoms with Gasteiger partial charge in [-0.3, -0.25) is 0 Å². The van der Waals surface area contributed by atoms with Crippen LogP contribution in [0.3, 0.4) is 0 Å². The zero-order valence-electron chi connectivity index (χ0n) is 25.7. The molecule has 1 N–H and O–H groups in total. The van der Waals surface area contributed by atoms with Gasteiger partial charge in [-0.1, -0.05) is 35.8 Å². The summed E-state index contributed by atoms with van der Waals surface area (Å²) >= 11 is 0. The van der Waals surface area contributed by atoms with Gasteiger partial charge >= 0.3 is 0 Å². The van der Waals surface area contributed by atoms with E-state index in [9.17, 15) is 0 Å². The van der Waals surface area contributed by atoms with Gasteiger partial charge in [-0.2, -0.15) is 17.1 Å². The molecule has 0 saturated heterocycles. The molecule has 6 aromatic rings. The fourth-order valence-corrected chi connectivity index (χ4v) is 4.64. The van der Waals surface area contributed by atoms with Crippen molar-refractivity contribution < 1.29 is 39.0 Å². The van der Waals surface area contributed by atoms with Crippen LogP contribution < -0.4 is 14.9 Å². The number of benzene rings is 4. The Morgan fingerprint density at radius 3 is 2.58 bits per heavy atom. The summed E-state index contributed by atoms with van der Waals surface area (Å²) in [5.74, 6) is 1.23. The van der Waals surface area contributed by atoms with Gasteiger partial charge in [0.1, 0.15) is 17.2 Å². The van der Waals surface area contributed by atoms with Crippen LogP contribution in [-0.4, -0.2) is 21.5 Å². The molecule has 0 saturated carbocycles. The SMILES string of the molecule is [2H]C([2H])([2H])c1ccnc(-n2c3[c-]c(Oc4[c-]c(N5[OH+]N(C([2H])([2H])[2H])c6ccccc65)ccc4)ccc3c3ccccc32)c1.[Pt]. The summed E-state index contributed by atoms with van der Waals surface area (Å²) in [6.45, 7) is -4.74. The number of anilines is 3. The average Bonchev–Trinajstić information content (AvgIpc) is 3.53. The fourth-order valence-electron chi connectivity index (χ4n) is 4.64. The number of hydrogen-bond donors (Lipinski definition) is 0. The summed E-state index contributed by atoms with van der Waals surface area (Å²) in [4.78, 5) is 8.83. The van der Waals surface area contributed by atoms with Gasteiger partial charge in [0, 0.05) is 54.1 Å². The second kappa shape index (κ2) is 9.64. The van der Waals surface area contributed by atoms with Gasteiger partial charge in [0.15, 0.2) is 0 Å². The molecule has 0 aliphatic carbocycles. The number of pyridine rings is 1. The fraction of sp³-hybridized carbons (Fsp3) is 0.0645. The number of aryl methyl sites for hydroxylation is 1. The second-order valence-corrected chi connectivity index (χ2v) is 8.54. The van der Waals surface area contributed by atoms with E-state index in [2.05, 4.69) is 22.1 Å². The summed E-state index contributed by atoms with van der Waals surface area (Å²) in [5.41, 5.74) is 3.27. The summed E-state index contributed by atoms with van der Waals surface area (Å²) in [6.07, 6.45) is 1.49. The van der Waals surface area contributed by atoms with Crippen molar-refractivity contribution in [1.29, 1.82) is 0 Å². The molecule has 0 fully saturated rings. The van der Waals surface area contributed by atoms with Crippen LogP contribution in [0.2, 0.25) is 0 Å². The molecule has 0 spiro atoms. The molecule has 0 amide bonds. The van der Waals surface area contributed by atoms with Crippen molar-refractivity contribution >= 4 is 38.9 Å². The van der Waals surface area contributed by atoms with Crippen molar-refractivity contribution in [1.82, 2.24) is 9.55 Å². The van der Waals surface area contributed by atoms with Crippen molar-refractivity contribution in [3.05, 3.63) is 115 Å². The van der Waals surface area contributed by atoms with Crippen molar-refractivity contribution in [3.63, 3.8) is 0 Å². The molecule has 7 rings (SSSR count). The Hall–Kier alpha value is -4.12. The van der Waals surface area contributed by atoms with Gasteiger partial charge in [-0.15, -0.1) is 45.8 Å². The molecule has 6 nitrogen and oxygen atoms in total. The van der Waals surface area contributed by atoms with Gasteiger partial charge in [-0.05, 0) is 48.1 Å². The summed E-state index contributed by atoms with van der Waals surface area (Å²) < 4.78 is 55.4. The van der Waals surface area contributed by atoms with E-state index in [1.807, 2.05) is 41.0 Å². The van der Waals surface area contributed by atoms with Crippen LogP contribution >= 0.6 is 0 Å². The minimum Gasteiger partial charge on any atom is -0.509 e. The van der Waals surface area contributed by atoms with E-state index in [4.69, 9.17) is 13.0 Å². The molecular weight excluding hydrogens is 655 g/mol. The molecular formula is C31H23N4O2Pt-. The molecule has 1 aliphatic heterocycles. The first-order valence-corrected chi connectivity index (χ1v) is 11.6. The molecule has 7 heteroatoms. The molecule has 1 aliphatic rings. The minimum atomic E-state index is -2.46. The van der Waals surface area contributed by atoms with Crippen LogP contribution in [0.1, 0.15) is 13.8 Å². The predicted octanol–water partition coefficient (Wildman–Crippen LogP) is 7.31. The summed E-state index contributed by atoms with van der Waals surface area (Å²) in [5, 5.41) is 4.39. The number of rotatable bonds is 4. The quantitative estimate of drug-likeness (QED) is 0.145. The number of nitrogens with zero attached hydrogens (tertiary/aromatic N) is 4. The molecule has 38 heavy (non-hydrogen) atoms. The number of fused-ring (bicyclic) bond motifs is 4. The minimum absolute atomic E-state index is 0. The van der Waals surface area contributed by atoms with Crippen molar-refractivity contribution in [2.75, 3.05) is 17.1 Å². The van der Waals surface area contributed by atoms with Gasteiger partial charge in [0.05, 0.1) is 11.1 Å². The van der Waals surface area contributed by atoms with E-state index in [1.165, 1.54) is 17.3 Å². The third-order valence-electron chi connectivity index (χ3n) is 6.25. The second-order valence-electron chi connectivity index (χ2n) is 8.54. The van der Waals surface area contributed by atoms with Crippen LogP contribution in [0.25, 0.3) is 27.6 Å². The Bertz CT molecular complexity index is 2010. The standard InChI is InChI=1S/C31H22N4O2.Pt/c1-21-16-17-32-31(18-21)34-27-11-4-3-10-25(27)26-15-14-24(20-30(26)34)36-23-9-7-8-22(19-23)35-29-13-6-5-12-28(29)33(2)37-35;/h3-18H,1-2H3;/q-2;/p+1/i1D3,2D3;. The number of aromatic nitrogens is 2. The largest absolute Gasteiger partial charge is 0.509 e. The molecule has 0 bridgehead atoms. The molecule has 0 radical (unpaired) electrons. The number of hydrogen-bond acceptors (Lipinski definition) is 4. The van der Waals surface area contributed by atoms with E-state index in [1.54, 1.807) is 48.5 Å². The van der Waals surface area contributed by atoms with E-state index in [-0.39, 0.29) is 26.6 Å². The molecule has 4 aromatic carbocycles. The average molecular weight is 685 g/mol. The van der Waals surface area contributed by atoms with Crippen molar-refractivity contribution in [2.45, 2.75) is 6.85 Å². The number of para-hydroxylation sites is 3. The third-order valence-corrected chi connectivity index (χ3v) is 6.25. The normalized spacial score (nSPS) is 15.6. The molecule has 0 atom stereocenters. The Morgan fingerprint density at radius 1 is 0.842 bits per heavy atom. The zero-order chi connectivity index (χ0) is 29.9. The van der Waals surface area contributed by atoms with E-state index in [0.717, 1.165) is 21.4 Å². The number of ether oxygens (including phenoxy) is 1. The maximum atomic E-state index is 7.90. The van der Waals surface area contributed by atoms with Gasteiger partial charge in [0.25, 0.3) is 0 Å². The Labute approximate surface area is 243 Å². The molecule has 2 aromatic heterocycles. The van der Waals surface area contributed by atoms with Gasteiger partial charge in [-0.25, -0.2) is 4.98 Å². The molecule has 190 valence electrons. The molecule has 3 heterocycles. The maximum Gasteiger partial charge on any atom is 0.145 e. The Morgan fingerprint density at radius 2 is 1.68 bits per heavy atom. The Kier molecular flexibility index (Phi) is 4.61. The number of hydroxylamine groups is 1. The van der Waals surface area contributed by atoms with Crippen LogP contribution in [-0.2, 0) is 21.1 Å². The summed E-state index contributed by atoms with van der Waals surface area (Å²) in [6, 6.07) is 33.5. The van der Waals surface area contributed by atoms with E-state index < -0.39 is 13.8 Å². The zero-order valence-corrected chi connectivity index (χ0v) is 22.0. The topological polar surface area (TPSA) is 46.3 Å². The first kappa shape index (κ1) is 18.2. The third kappa shape index (κ3) is 4.03. The smallest absolute Gasteiger partial charge is 0.145 e. The maximum absolute atomic E-state index is 7.90. The first-order valence-electron chi connectivity index (χ1n) is 14.6. The van der Waals surface area contributed by atoms with Crippen molar-refractivity contribution in [3.8, 4) is 17.3 Å². The van der Waals surface area contributed by atoms with Crippen LogP contribution in [0.4, 0.5) is 17.1 Å². The first-order chi connectivity index (χ1) is 20.6. The van der Waals surface area contributed by atoms with E-state index in [0.29, 0.717) is 39.9 Å². The van der Waals surface area contributed by atoms with Gasteiger partial charge in [0.2, 0.25) is 0 Å². The summed E-state index contributed by atoms with van der Waals surface area (Å²) in [7, 11) is 0. The van der Waals surface area contributed by atoms with Gasteiger partial charge < -0.3 is 9.30 Å². The Balaban J connectivity index is 0.00000343. The van der Waals surface area contributed by atoms with Crippen LogP contribution in [0.15, 0.2) is 97.2 Å². The van der Waals surface area contributed by atoms with Crippen molar-refractivity contribution in [2.24, 2.45) is 0 Å². The van der Waals surface area contributed by atoms with Crippen LogP contribution in [0, 0.1) is 19.0 Å². The predicted molar refractivity (Wildman–Crippen MR) is 146 cm³/mol. The van der Waals surface area contributed by atoms with E-state index >= 15 is 0 Å². The molecule has 0 unspecified atom stereocenters.